The van der Waals surface area contributed by atoms with E-state index in [-0.39, 0.29) is 11.8 Å². The lowest BCUT2D eigenvalue weighted by Gasteiger charge is -2.21. The minimum atomic E-state index is -0.539. The third kappa shape index (κ3) is 1.46. The van der Waals surface area contributed by atoms with Crippen LogP contribution in [-0.4, -0.2) is 19.8 Å². The average molecular weight is 322 g/mol. The van der Waals surface area contributed by atoms with E-state index in [4.69, 9.17) is 4.74 Å². The number of benzene rings is 1. The number of nitrogens with zero attached hydrogens (tertiary/aromatic N) is 2. The molecule has 5 rings (SSSR count). The van der Waals surface area contributed by atoms with Gasteiger partial charge < -0.3 is 14.9 Å². The minimum absolute atomic E-state index is 0.0673. The summed E-state index contributed by atoms with van der Waals surface area (Å²) in [6.07, 6.45) is 5.17. The topological polar surface area (TPSA) is 67.5 Å². The zero-order valence-corrected chi connectivity index (χ0v) is 13.6. The lowest BCUT2D eigenvalue weighted by Crippen LogP contribution is -2.17. The van der Waals surface area contributed by atoms with Crippen LogP contribution in [0.4, 0.5) is 0 Å². The Labute approximate surface area is 139 Å². The first-order chi connectivity index (χ1) is 11.4. The summed E-state index contributed by atoms with van der Waals surface area (Å²) in [5.41, 5.74) is 1.11. The van der Waals surface area contributed by atoms with Gasteiger partial charge >= 0.3 is 0 Å². The Hall–Kier alpha value is -2.53. The number of aromatic nitrogens is 2. The Kier molecular flexibility index (Phi) is 2.37. The Morgan fingerprint density at radius 2 is 1.71 bits per heavy atom. The molecular formula is C19H18N2O3. The van der Waals surface area contributed by atoms with Crippen LogP contribution in [0.25, 0.3) is 16.5 Å². The first kappa shape index (κ1) is 13.9. The second-order valence-corrected chi connectivity index (χ2v) is 7.17. The van der Waals surface area contributed by atoms with Crippen molar-refractivity contribution in [2.45, 2.75) is 37.9 Å². The maximum atomic E-state index is 11.0. The summed E-state index contributed by atoms with van der Waals surface area (Å²) in [5, 5.41) is 23.8. The fraction of sp³-hybridized carbons (Fsp3) is 0.316. The zero-order valence-electron chi connectivity index (χ0n) is 13.6. The van der Waals surface area contributed by atoms with Gasteiger partial charge in [0.25, 0.3) is 0 Å². The van der Waals surface area contributed by atoms with Crippen molar-refractivity contribution in [3.63, 3.8) is 0 Å². The highest BCUT2D eigenvalue weighted by Gasteiger charge is 2.59. The van der Waals surface area contributed by atoms with E-state index in [1.54, 1.807) is 12.4 Å². The number of hydrogen-bond acceptors (Lipinski definition) is 4. The molecule has 24 heavy (non-hydrogen) atoms. The van der Waals surface area contributed by atoms with Gasteiger partial charge in [0.15, 0.2) is 0 Å². The minimum Gasteiger partial charge on any atom is -0.494 e. The van der Waals surface area contributed by atoms with Crippen molar-refractivity contribution in [2.75, 3.05) is 0 Å². The Morgan fingerprint density at radius 1 is 1.04 bits per heavy atom. The SMILES string of the molecule is C[C@]12CC[C@](C)(O1)c1c2c(O)n(-c2cccc3cnccc23)c1O. The molecule has 4 heterocycles. The molecule has 2 aromatic heterocycles. The molecule has 0 radical (unpaired) electrons. The third-order valence-electron chi connectivity index (χ3n) is 5.61. The van der Waals surface area contributed by atoms with Gasteiger partial charge in [0.2, 0.25) is 11.8 Å². The molecule has 0 spiro atoms. The first-order valence-corrected chi connectivity index (χ1v) is 8.15. The van der Waals surface area contributed by atoms with E-state index in [0.717, 1.165) is 40.4 Å². The third-order valence-corrected chi connectivity index (χ3v) is 5.61. The van der Waals surface area contributed by atoms with Crippen LogP contribution in [0.15, 0.2) is 36.7 Å². The maximum Gasteiger partial charge on any atom is 0.205 e. The van der Waals surface area contributed by atoms with Crippen molar-refractivity contribution in [1.29, 1.82) is 0 Å². The fourth-order valence-electron chi connectivity index (χ4n) is 4.51. The summed E-state index contributed by atoms with van der Waals surface area (Å²) in [5.74, 6) is 0.135. The second-order valence-electron chi connectivity index (χ2n) is 7.17. The zero-order chi connectivity index (χ0) is 16.7. The molecule has 2 aliphatic rings. The predicted molar refractivity (Wildman–Crippen MR) is 89.4 cm³/mol. The lowest BCUT2D eigenvalue weighted by molar-refractivity contribution is -0.0683. The van der Waals surface area contributed by atoms with Crippen LogP contribution >= 0.6 is 0 Å². The van der Waals surface area contributed by atoms with E-state index in [0.29, 0.717) is 0 Å². The Balaban J connectivity index is 1.86. The summed E-state index contributed by atoms with van der Waals surface area (Å²) >= 11 is 0. The molecule has 2 atom stereocenters. The lowest BCUT2D eigenvalue weighted by atomic mass is 9.80. The predicted octanol–water partition coefficient (Wildman–Crippen LogP) is 3.69. The van der Waals surface area contributed by atoms with E-state index in [1.165, 1.54) is 4.57 Å². The van der Waals surface area contributed by atoms with Gasteiger partial charge in [0.1, 0.15) is 0 Å². The molecule has 122 valence electrons. The van der Waals surface area contributed by atoms with Crippen LogP contribution in [-0.2, 0) is 15.9 Å². The second kappa shape index (κ2) is 4.11. The molecule has 5 heteroatoms. The molecule has 0 amide bonds. The van der Waals surface area contributed by atoms with Crippen molar-refractivity contribution < 1.29 is 14.9 Å². The van der Waals surface area contributed by atoms with Crippen molar-refractivity contribution in [3.05, 3.63) is 47.8 Å². The smallest absolute Gasteiger partial charge is 0.205 e. The van der Waals surface area contributed by atoms with E-state index < -0.39 is 11.2 Å². The molecule has 1 aromatic carbocycles. The average Bonchev–Trinajstić information content (AvgIpc) is 3.11. The Bertz CT molecular complexity index is 965. The van der Waals surface area contributed by atoms with Crippen molar-refractivity contribution >= 4 is 10.8 Å². The van der Waals surface area contributed by atoms with Gasteiger partial charge in [0.05, 0.1) is 28.0 Å². The number of aromatic hydroxyl groups is 2. The summed E-state index contributed by atoms with van der Waals surface area (Å²) < 4.78 is 7.69. The van der Waals surface area contributed by atoms with Gasteiger partial charge in [-0.2, -0.15) is 0 Å². The van der Waals surface area contributed by atoms with E-state index in [9.17, 15) is 10.2 Å². The molecule has 5 nitrogen and oxygen atoms in total. The number of fused-ring (bicyclic) bond motifs is 6. The summed E-state index contributed by atoms with van der Waals surface area (Å²) in [7, 11) is 0. The van der Waals surface area contributed by atoms with E-state index >= 15 is 0 Å². The first-order valence-electron chi connectivity index (χ1n) is 8.15. The molecule has 3 aromatic rings. The highest BCUT2D eigenvalue weighted by atomic mass is 16.5. The van der Waals surface area contributed by atoms with E-state index in [1.807, 2.05) is 38.1 Å². The largest absolute Gasteiger partial charge is 0.494 e. The van der Waals surface area contributed by atoms with Crippen LogP contribution in [0.2, 0.25) is 0 Å². The summed E-state index contributed by atoms with van der Waals surface area (Å²) in [4.78, 5) is 4.14. The molecule has 2 N–H and O–H groups in total. The normalized spacial score (nSPS) is 27.8. The van der Waals surface area contributed by atoms with E-state index in [2.05, 4.69) is 4.98 Å². The highest BCUT2D eigenvalue weighted by Crippen LogP contribution is 2.64. The maximum absolute atomic E-state index is 11.0. The van der Waals surface area contributed by atoms with Crippen LogP contribution in [0.1, 0.15) is 37.8 Å². The van der Waals surface area contributed by atoms with Crippen molar-refractivity contribution in [2.24, 2.45) is 0 Å². The molecule has 2 aliphatic heterocycles. The molecule has 1 fully saturated rings. The number of pyridine rings is 1. The number of ether oxygens (including phenoxy) is 1. The van der Waals surface area contributed by atoms with Gasteiger partial charge in [-0.05, 0) is 38.8 Å². The number of rotatable bonds is 1. The van der Waals surface area contributed by atoms with Gasteiger partial charge in [-0.1, -0.05) is 12.1 Å². The van der Waals surface area contributed by atoms with Crippen molar-refractivity contribution in [1.82, 2.24) is 9.55 Å². The molecular weight excluding hydrogens is 304 g/mol. The summed E-state index contributed by atoms with van der Waals surface area (Å²) in [6, 6.07) is 7.65. The van der Waals surface area contributed by atoms with Gasteiger partial charge in [-0.25, -0.2) is 0 Å². The number of hydrogen-bond donors (Lipinski definition) is 2. The molecule has 0 unspecified atom stereocenters. The highest BCUT2D eigenvalue weighted by molar-refractivity contribution is 5.90. The molecule has 1 saturated heterocycles. The van der Waals surface area contributed by atoms with Crippen molar-refractivity contribution in [3.8, 4) is 17.4 Å². The van der Waals surface area contributed by atoms with Crippen LogP contribution in [0, 0.1) is 0 Å². The van der Waals surface area contributed by atoms with Crippen LogP contribution in [0.5, 0.6) is 11.8 Å². The fourth-order valence-corrected chi connectivity index (χ4v) is 4.51. The van der Waals surface area contributed by atoms with Gasteiger partial charge in [-0.15, -0.1) is 0 Å². The monoisotopic (exact) mass is 322 g/mol. The van der Waals surface area contributed by atoms with Crippen LogP contribution < -0.4 is 0 Å². The van der Waals surface area contributed by atoms with Gasteiger partial charge in [-0.3, -0.25) is 9.55 Å². The molecule has 2 bridgehead atoms. The van der Waals surface area contributed by atoms with Crippen LogP contribution in [0.3, 0.4) is 0 Å². The molecule has 0 aliphatic carbocycles. The van der Waals surface area contributed by atoms with Gasteiger partial charge in [0, 0.05) is 23.2 Å². The summed E-state index contributed by atoms with van der Waals surface area (Å²) in [6.45, 7) is 3.97. The standard InChI is InChI=1S/C19H18N2O3/c1-18-7-8-19(2,24-18)15-14(18)16(22)21(17(15)23)13-5-3-4-11-10-20-9-6-12(11)13/h3-6,9-10,22-23H,7-8H2,1-2H3/t18-,19+. The Morgan fingerprint density at radius 3 is 2.38 bits per heavy atom. The molecule has 0 saturated carbocycles. The quantitative estimate of drug-likeness (QED) is 0.717.